The van der Waals surface area contributed by atoms with Gasteiger partial charge >= 0.3 is 23.9 Å². The van der Waals surface area contributed by atoms with Gasteiger partial charge in [0.05, 0.1) is 23.7 Å². The number of carbonyl (C=O) groups excluding carboxylic acids is 2. The Balaban J connectivity index is 1.83. The van der Waals surface area contributed by atoms with Gasteiger partial charge in [-0.25, -0.2) is 0 Å². The van der Waals surface area contributed by atoms with Crippen LogP contribution in [-0.4, -0.2) is 46.8 Å². The number of carboxylic acid groups (broad SMARTS) is 2. The third-order valence-electron chi connectivity index (χ3n) is 5.55. The van der Waals surface area contributed by atoms with Gasteiger partial charge in [-0.05, 0) is 32.6 Å². The molecule has 27 heavy (non-hydrogen) atoms. The van der Waals surface area contributed by atoms with Crippen LogP contribution in [-0.2, 0) is 28.7 Å². The van der Waals surface area contributed by atoms with Crippen molar-refractivity contribution in [3.8, 4) is 0 Å². The van der Waals surface area contributed by atoms with Crippen molar-refractivity contribution in [2.75, 3.05) is 6.61 Å². The van der Waals surface area contributed by atoms with E-state index in [9.17, 15) is 29.4 Å². The van der Waals surface area contributed by atoms with E-state index in [4.69, 9.17) is 9.47 Å². The zero-order valence-corrected chi connectivity index (χ0v) is 15.6. The predicted octanol–water partition coefficient (Wildman–Crippen LogP) is 2.24. The highest BCUT2D eigenvalue weighted by molar-refractivity contribution is 5.82. The van der Waals surface area contributed by atoms with Gasteiger partial charge in [0.15, 0.2) is 0 Å². The van der Waals surface area contributed by atoms with Crippen LogP contribution in [0, 0.1) is 23.7 Å². The van der Waals surface area contributed by atoms with Gasteiger partial charge in [-0.3, -0.25) is 19.2 Å². The second kappa shape index (κ2) is 9.71. The van der Waals surface area contributed by atoms with Crippen LogP contribution in [0.5, 0.6) is 0 Å². The van der Waals surface area contributed by atoms with E-state index in [0.29, 0.717) is 25.7 Å². The fraction of sp³-hybridized carbons (Fsp3) is 0.789. The zero-order valence-electron chi connectivity index (χ0n) is 15.6. The third-order valence-corrected chi connectivity index (χ3v) is 5.55. The summed E-state index contributed by atoms with van der Waals surface area (Å²) in [5.74, 6) is -5.96. The van der Waals surface area contributed by atoms with Crippen LogP contribution >= 0.6 is 0 Å². The normalized spacial score (nSPS) is 29.4. The Kier molecular flexibility index (Phi) is 7.62. The van der Waals surface area contributed by atoms with E-state index in [-0.39, 0.29) is 6.61 Å². The number of carbonyl (C=O) groups is 4. The maximum atomic E-state index is 12.3. The average Bonchev–Trinajstić information content (AvgIpc) is 2.65. The first-order valence-corrected chi connectivity index (χ1v) is 9.64. The molecule has 0 spiro atoms. The van der Waals surface area contributed by atoms with Crippen LogP contribution in [0.4, 0.5) is 0 Å². The first-order chi connectivity index (χ1) is 12.8. The number of hydrogen-bond donors (Lipinski definition) is 2. The lowest BCUT2D eigenvalue weighted by atomic mass is 9.79. The molecule has 8 nitrogen and oxygen atoms in total. The lowest BCUT2D eigenvalue weighted by molar-refractivity contribution is -0.170. The Labute approximate surface area is 158 Å². The highest BCUT2D eigenvalue weighted by Crippen LogP contribution is 2.32. The molecule has 0 aromatic heterocycles. The van der Waals surface area contributed by atoms with Gasteiger partial charge in [-0.1, -0.05) is 25.7 Å². The quantitative estimate of drug-likeness (QED) is 0.640. The summed E-state index contributed by atoms with van der Waals surface area (Å²) in [6, 6.07) is 0. The second-order valence-electron chi connectivity index (χ2n) is 7.55. The van der Waals surface area contributed by atoms with Crippen molar-refractivity contribution in [3.05, 3.63) is 0 Å². The summed E-state index contributed by atoms with van der Waals surface area (Å²) in [4.78, 5) is 47.1. The van der Waals surface area contributed by atoms with Crippen LogP contribution < -0.4 is 0 Å². The molecule has 8 heteroatoms. The van der Waals surface area contributed by atoms with Crippen LogP contribution in [0.2, 0.25) is 0 Å². The second-order valence-corrected chi connectivity index (χ2v) is 7.55. The smallest absolute Gasteiger partial charge is 0.310 e. The van der Waals surface area contributed by atoms with Crippen LogP contribution in [0.3, 0.4) is 0 Å². The topological polar surface area (TPSA) is 127 Å². The number of esters is 2. The Hall–Kier alpha value is -2.12. The molecule has 0 aromatic carbocycles. The number of aliphatic carboxylic acids is 2. The first kappa shape index (κ1) is 21.2. The Morgan fingerprint density at radius 2 is 1.19 bits per heavy atom. The number of hydrogen-bond acceptors (Lipinski definition) is 6. The van der Waals surface area contributed by atoms with Crippen molar-refractivity contribution in [1.29, 1.82) is 0 Å². The highest BCUT2D eigenvalue weighted by atomic mass is 16.6. The molecular weight excluding hydrogens is 356 g/mol. The Morgan fingerprint density at radius 3 is 1.63 bits per heavy atom. The van der Waals surface area contributed by atoms with Crippen molar-refractivity contribution in [2.24, 2.45) is 23.7 Å². The van der Waals surface area contributed by atoms with Gasteiger partial charge in [-0.2, -0.15) is 0 Å². The van der Waals surface area contributed by atoms with Crippen LogP contribution in [0.25, 0.3) is 0 Å². The fourth-order valence-electron chi connectivity index (χ4n) is 4.04. The predicted molar refractivity (Wildman–Crippen MR) is 92.7 cm³/mol. The first-order valence-electron chi connectivity index (χ1n) is 9.64. The molecule has 0 saturated heterocycles. The molecule has 2 saturated carbocycles. The highest BCUT2D eigenvalue weighted by Gasteiger charge is 2.38. The molecule has 152 valence electrons. The third kappa shape index (κ3) is 5.68. The van der Waals surface area contributed by atoms with Gasteiger partial charge in [0.25, 0.3) is 0 Å². The van der Waals surface area contributed by atoms with Crippen molar-refractivity contribution in [2.45, 2.75) is 64.4 Å². The molecular formula is C19H28O8. The van der Waals surface area contributed by atoms with E-state index in [1.54, 1.807) is 6.92 Å². The lowest BCUT2D eigenvalue weighted by Gasteiger charge is -2.29. The molecule has 0 aliphatic heterocycles. The molecule has 0 heterocycles. The minimum atomic E-state index is -0.993. The number of carboxylic acids is 2. The molecule has 2 rings (SSSR count). The molecule has 0 bridgehead atoms. The van der Waals surface area contributed by atoms with Crippen molar-refractivity contribution in [1.82, 2.24) is 0 Å². The Morgan fingerprint density at radius 1 is 0.778 bits per heavy atom. The summed E-state index contributed by atoms with van der Waals surface area (Å²) in [6.45, 7) is 1.40. The fourth-order valence-corrected chi connectivity index (χ4v) is 4.04. The van der Waals surface area contributed by atoms with Gasteiger partial charge in [0.2, 0.25) is 0 Å². The maximum Gasteiger partial charge on any atom is 0.310 e. The van der Waals surface area contributed by atoms with Gasteiger partial charge in [-0.15, -0.1) is 0 Å². The van der Waals surface area contributed by atoms with Crippen molar-refractivity contribution in [3.63, 3.8) is 0 Å². The summed E-state index contributed by atoms with van der Waals surface area (Å²) in [5.41, 5.74) is 0. The molecule has 5 atom stereocenters. The van der Waals surface area contributed by atoms with Crippen LogP contribution in [0.1, 0.15) is 58.3 Å². The molecule has 2 aliphatic rings. The van der Waals surface area contributed by atoms with E-state index in [1.807, 2.05) is 0 Å². The van der Waals surface area contributed by atoms with Gasteiger partial charge in [0.1, 0.15) is 12.7 Å². The van der Waals surface area contributed by atoms with Gasteiger partial charge in [0, 0.05) is 0 Å². The monoisotopic (exact) mass is 384 g/mol. The SMILES string of the molecule is CC(COC(=O)C1CCCCC1C(=O)O)OC(=O)C1CCCCC1C(=O)O. The van der Waals surface area contributed by atoms with E-state index in [0.717, 1.165) is 25.7 Å². The maximum absolute atomic E-state index is 12.3. The molecule has 2 N–H and O–H groups in total. The molecule has 0 aromatic rings. The molecule has 0 radical (unpaired) electrons. The average molecular weight is 384 g/mol. The molecule has 0 amide bonds. The van der Waals surface area contributed by atoms with E-state index in [2.05, 4.69) is 0 Å². The van der Waals surface area contributed by atoms with E-state index < -0.39 is 53.7 Å². The lowest BCUT2D eigenvalue weighted by Crippen LogP contribution is -2.37. The largest absolute Gasteiger partial charge is 0.481 e. The van der Waals surface area contributed by atoms with E-state index in [1.165, 1.54) is 0 Å². The summed E-state index contributed by atoms with van der Waals surface area (Å²) < 4.78 is 10.5. The van der Waals surface area contributed by atoms with Crippen molar-refractivity contribution < 1.29 is 38.9 Å². The minimum Gasteiger partial charge on any atom is -0.481 e. The van der Waals surface area contributed by atoms with Crippen molar-refractivity contribution >= 4 is 23.9 Å². The standard InChI is InChI=1S/C19H28O8/c1-11(27-19(25)15-9-5-3-7-13(15)17(22)23)10-26-18(24)14-8-4-2-6-12(14)16(20)21/h11-15H,2-10H2,1H3,(H,20,21)(H,22,23). The van der Waals surface area contributed by atoms with Crippen LogP contribution in [0.15, 0.2) is 0 Å². The minimum absolute atomic E-state index is 0.169. The van der Waals surface area contributed by atoms with E-state index >= 15 is 0 Å². The zero-order chi connectivity index (χ0) is 20.0. The molecule has 5 unspecified atom stereocenters. The van der Waals surface area contributed by atoms with Gasteiger partial charge < -0.3 is 19.7 Å². The molecule has 2 fully saturated rings. The summed E-state index contributed by atoms with van der Waals surface area (Å²) in [5, 5.41) is 18.5. The number of ether oxygens (including phenoxy) is 2. The summed E-state index contributed by atoms with van der Waals surface area (Å²) >= 11 is 0. The summed E-state index contributed by atoms with van der Waals surface area (Å²) in [7, 11) is 0. The number of rotatable bonds is 7. The Bertz CT molecular complexity index is 572. The summed E-state index contributed by atoms with van der Waals surface area (Å²) in [6.07, 6.45) is 4.27. The molecule has 2 aliphatic carbocycles.